The van der Waals surface area contributed by atoms with Crippen molar-refractivity contribution in [3.05, 3.63) is 53.1 Å². The van der Waals surface area contributed by atoms with E-state index in [1.54, 1.807) is 12.0 Å². The van der Waals surface area contributed by atoms with Crippen molar-refractivity contribution in [3.8, 4) is 11.5 Å². The number of rotatable bonds is 4. The van der Waals surface area contributed by atoms with Gasteiger partial charge in [0.2, 0.25) is 5.91 Å². The number of anilines is 1. The molecule has 0 bridgehead atoms. The lowest BCUT2D eigenvalue weighted by Crippen LogP contribution is -2.28. The van der Waals surface area contributed by atoms with Gasteiger partial charge in [0.1, 0.15) is 11.5 Å². The summed E-state index contributed by atoms with van der Waals surface area (Å²) in [4.78, 5) is 26.8. The molecule has 1 aliphatic rings. The Morgan fingerprint density at radius 2 is 1.81 bits per heavy atom. The molecule has 0 radical (unpaired) electrons. The molecule has 136 valence electrons. The molecule has 0 saturated carbocycles. The number of ether oxygens (including phenoxy) is 2. The number of esters is 1. The fraction of sp³-hybridized carbons (Fsp3) is 0.333. The Morgan fingerprint density at radius 1 is 1.12 bits per heavy atom. The van der Waals surface area contributed by atoms with Crippen LogP contribution in [0.3, 0.4) is 0 Å². The SMILES string of the molecule is COc1ccc(C)cc1N1C[C@@H](C(=O)Oc2c(C)cccc2C)CC1=O. The third-order valence-corrected chi connectivity index (χ3v) is 4.69. The highest BCUT2D eigenvalue weighted by Crippen LogP contribution is 2.34. The number of carbonyl (C=O) groups excluding carboxylic acids is 2. The van der Waals surface area contributed by atoms with Crippen LogP contribution in [0.25, 0.3) is 0 Å². The van der Waals surface area contributed by atoms with Gasteiger partial charge >= 0.3 is 5.97 Å². The zero-order valence-electron chi connectivity index (χ0n) is 15.5. The van der Waals surface area contributed by atoms with E-state index in [-0.39, 0.29) is 18.3 Å². The minimum atomic E-state index is -0.494. The molecule has 2 aromatic rings. The summed E-state index contributed by atoms with van der Waals surface area (Å²) >= 11 is 0. The number of carbonyl (C=O) groups is 2. The van der Waals surface area contributed by atoms with E-state index in [0.29, 0.717) is 23.7 Å². The Kier molecular flexibility index (Phi) is 4.98. The maximum Gasteiger partial charge on any atom is 0.316 e. The predicted octanol–water partition coefficient (Wildman–Crippen LogP) is 3.58. The number of hydrogen-bond donors (Lipinski definition) is 0. The van der Waals surface area contributed by atoms with E-state index in [2.05, 4.69) is 0 Å². The lowest BCUT2D eigenvalue weighted by molar-refractivity contribution is -0.139. The number of nitrogens with zero attached hydrogens (tertiary/aromatic N) is 1. The normalized spacial score (nSPS) is 16.7. The van der Waals surface area contributed by atoms with E-state index in [1.165, 1.54) is 0 Å². The van der Waals surface area contributed by atoms with Crippen LogP contribution in [0, 0.1) is 26.7 Å². The maximum absolute atomic E-state index is 12.6. The minimum Gasteiger partial charge on any atom is -0.495 e. The molecule has 1 heterocycles. The molecule has 5 nitrogen and oxygen atoms in total. The van der Waals surface area contributed by atoms with Crippen LogP contribution in [0.5, 0.6) is 11.5 Å². The predicted molar refractivity (Wildman–Crippen MR) is 99.7 cm³/mol. The van der Waals surface area contributed by atoms with E-state index < -0.39 is 5.92 Å². The van der Waals surface area contributed by atoms with Crippen LogP contribution in [0.15, 0.2) is 36.4 Å². The smallest absolute Gasteiger partial charge is 0.316 e. The number of aryl methyl sites for hydroxylation is 3. The quantitative estimate of drug-likeness (QED) is 0.623. The molecule has 1 aliphatic heterocycles. The van der Waals surface area contributed by atoms with Crippen LogP contribution < -0.4 is 14.4 Å². The van der Waals surface area contributed by atoms with Gasteiger partial charge in [-0.1, -0.05) is 24.3 Å². The van der Waals surface area contributed by atoms with Crippen LogP contribution in [0.4, 0.5) is 5.69 Å². The van der Waals surface area contributed by atoms with Crippen LogP contribution in [-0.4, -0.2) is 25.5 Å². The van der Waals surface area contributed by atoms with Gasteiger partial charge in [0, 0.05) is 13.0 Å². The molecular formula is C21H23NO4. The van der Waals surface area contributed by atoms with Gasteiger partial charge in [0.15, 0.2) is 0 Å². The van der Waals surface area contributed by atoms with E-state index in [4.69, 9.17) is 9.47 Å². The molecule has 26 heavy (non-hydrogen) atoms. The highest BCUT2D eigenvalue weighted by molar-refractivity contribution is 6.00. The largest absolute Gasteiger partial charge is 0.495 e. The Morgan fingerprint density at radius 3 is 2.46 bits per heavy atom. The van der Waals surface area contributed by atoms with Gasteiger partial charge in [-0.15, -0.1) is 0 Å². The number of amides is 1. The van der Waals surface area contributed by atoms with Crippen LogP contribution in [0.1, 0.15) is 23.1 Å². The first kappa shape index (κ1) is 18.0. The average Bonchev–Trinajstić information content (AvgIpc) is 3.00. The van der Waals surface area contributed by atoms with Crippen molar-refractivity contribution in [2.75, 3.05) is 18.6 Å². The zero-order chi connectivity index (χ0) is 18.8. The first-order valence-corrected chi connectivity index (χ1v) is 8.63. The number of methoxy groups -OCH3 is 1. The summed E-state index contributed by atoms with van der Waals surface area (Å²) in [6.45, 7) is 6.05. The van der Waals surface area contributed by atoms with Gasteiger partial charge < -0.3 is 14.4 Å². The van der Waals surface area contributed by atoms with Crippen molar-refractivity contribution >= 4 is 17.6 Å². The second-order valence-electron chi connectivity index (χ2n) is 6.72. The third-order valence-electron chi connectivity index (χ3n) is 4.69. The highest BCUT2D eigenvalue weighted by Gasteiger charge is 2.37. The highest BCUT2D eigenvalue weighted by atomic mass is 16.5. The number of para-hydroxylation sites is 1. The number of benzene rings is 2. The second-order valence-corrected chi connectivity index (χ2v) is 6.72. The van der Waals surface area contributed by atoms with Crippen molar-refractivity contribution in [1.29, 1.82) is 0 Å². The fourth-order valence-corrected chi connectivity index (χ4v) is 3.25. The molecule has 1 atom stereocenters. The first-order valence-electron chi connectivity index (χ1n) is 8.63. The first-order chi connectivity index (χ1) is 12.4. The monoisotopic (exact) mass is 353 g/mol. The van der Waals surface area contributed by atoms with Gasteiger partial charge in [0.25, 0.3) is 0 Å². The van der Waals surface area contributed by atoms with E-state index in [9.17, 15) is 9.59 Å². The molecule has 3 rings (SSSR count). The van der Waals surface area contributed by atoms with Crippen LogP contribution in [0.2, 0.25) is 0 Å². The van der Waals surface area contributed by atoms with Gasteiger partial charge in [-0.2, -0.15) is 0 Å². The number of hydrogen-bond acceptors (Lipinski definition) is 4. The molecule has 1 saturated heterocycles. The van der Waals surface area contributed by atoms with E-state index in [0.717, 1.165) is 16.7 Å². The van der Waals surface area contributed by atoms with E-state index in [1.807, 2.05) is 57.2 Å². The lowest BCUT2D eigenvalue weighted by Gasteiger charge is -2.20. The molecule has 0 unspecified atom stereocenters. The van der Waals surface area contributed by atoms with Crippen LogP contribution in [-0.2, 0) is 9.59 Å². The standard InChI is InChI=1S/C21H23NO4/c1-13-8-9-18(25-4)17(10-13)22-12-16(11-19(22)23)21(24)26-20-14(2)6-5-7-15(20)3/h5-10,16H,11-12H2,1-4H3/t16-/m0/s1. The van der Waals surface area contributed by atoms with Crippen molar-refractivity contribution in [2.24, 2.45) is 5.92 Å². The Bertz CT molecular complexity index is 839. The summed E-state index contributed by atoms with van der Waals surface area (Å²) in [7, 11) is 1.57. The molecule has 1 fully saturated rings. The van der Waals surface area contributed by atoms with Gasteiger partial charge in [-0.25, -0.2) is 0 Å². The van der Waals surface area contributed by atoms with Crippen molar-refractivity contribution in [3.63, 3.8) is 0 Å². The van der Waals surface area contributed by atoms with Crippen molar-refractivity contribution in [2.45, 2.75) is 27.2 Å². The molecule has 1 amide bonds. The fourth-order valence-electron chi connectivity index (χ4n) is 3.25. The van der Waals surface area contributed by atoms with Crippen molar-refractivity contribution in [1.82, 2.24) is 0 Å². The summed E-state index contributed by atoms with van der Waals surface area (Å²) in [5.74, 6) is 0.234. The summed E-state index contributed by atoms with van der Waals surface area (Å²) in [6.07, 6.45) is 0.140. The molecule has 5 heteroatoms. The Labute approximate surface area is 153 Å². The molecular weight excluding hydrogens is 330 g/mol. The summed E-state index contributed by atoms with van der Waals surface area (Å²) in [5.41, 5.74) is 3.52. The average molecular weight is 353 g/mol. The van der Waals surface area contributed by atoms with E-state index >= 15 is 0 Å². The van der Waals surface area contributed by atoms with Gasteiger partial charge in [-0.05, 0) is 49.6 Å². The summed E-state index contributed by atoms with van der Waals surface area (Å²) in [5, 5.41) is 0. The molecule has 0 spiro atoms. The topological polar surface area (TPSA) is 55.8 Å². The van der Waals surface area contributed by atoms with Gasteiger partial charge in [0.05, 0.1) is 18.7 Å². The Balaban J connectivity index is 1.80. The molecule has 0 aliphatic carbocycles. The van der Waals surface area contributed by atoms with Crippen LogP contribution >= 0.6 is 0 Å². The maximum atomic E-state index is 12.6. The second kappa shape index (κ2) is 7.20. The summed E-state index contributed by atoms with van der Waals surface area (Å²) < 4.78 is 11.0. The van der Waals surface area contributed by atoms with Crippen molar-refractivity contribution < 1.29 is 19.1 Å². The lowest BCUT2D eigenvalue weighted by atomic mass is 10.1. The zero-order valence-corrected chi connectivity index (χ0v) is 15.5. The summed E-state index contributed by atoms with van der Waals surface area (Å²) in [6, 6.07) is 11.4. The Hall–Kier alpha value is -2.82. The van der Waals surface area contributed by atoms with Gasteiger partial charge in [-0.3, -0.25) is 9.59 Å². The molecule has 0 aromatic heterocycles. The third kappa shape index (κ3) is 3.43. The molecule has 0 N–H and O–H groups in total. The minimum absolute atomic E-state index is 0.0997. The molecule has 2 aromatic carbocycles.